The minimum absolute atomic E-state index is 0.103. The predicted octanol–water partition coefficient (Wildman–Crippen LogP) is 1.05. The van der Waals surface area contributed by atoms with Crippen LogP contribution in [0.25, 0.3) is 0 Å². The Hall–Kier alpha value is -0.975. The predicted molar refractivity (Wildman–Crippen MR) is 70.7 cm³/mol. The van der Waals surface area contributed by atoms with Gasteiger partial charge in [0.25, 0.3) is 0 Å². The Labute approximate surface area is 113 Å². The van der Waals surface area contributed by atoms with Gasteiger partial charge in [-0.1, -0.05) is 0 Å². The maximum absolute atomic E-state index is 13.8. The van der Waals surface area contributed by atoms with E-state index >= 15 is 0 Å². The molecular formula is C13H19BFNO3. The largest absolute Gasteiger partial charge is 0.514 e. The zero-order valence-corrected chi connectivity index (χ0v) is 11.7. The second-order valence-corrected chi connectivity index (χ2v) is 5.76. The van der Waals surface area contributed by atoms with E-state index in [-0.39, 0.29) is 13.0 Å². The van der Waals surface area contributed by atoms with E-state index in [0.717, 1.165) is 0 Å². The number of rotatable bonds is 3. The smallest absolute Gasteiger partial charge is 0.398 e. The summed E-state index contributed by atoms with van der Waals surface area (Å²) in [5, 5.41) is 8.82. The maximum Gasteiger partial charge on any atom is 0.514 e. The first-order chi connectivity index (χ1) is 8.77. The van der Waals surface area contributed by atoms with Gasteiger partial charge >= 0.3 is 7.12 Å². The Bertz CT molecular complexity index is 463. The molecule has 4 nitrogen and oxygen atoms in total. The van der Waals surface area contributed by atoms with E-state index in [2.05, 4.69) is 4.98 Å². The van der Waals surface area contributed by atoms with Gasteiger partial charge in [-0.15, -0.1) is 0 Å². The molecular weight excluding hydrogens is 248 g/mol. The van der Waals surface area contributed by atoms with Crippen LogP contribution in [0.4, 0.5) is 4.39 Å². The lowest BCUT2D eigenvalue weighted by molar-refractivity contribution is 0.00578. The molecule has 6 heteroatoms. The van der Waals surface area contributed by atoms with Gasteiger partial charge in [0.1, 0.15) is 5.82 Å². The molecule has 1 aliphatic rings. The van der Waals surface area contributed by atoms with Gasteiger partial charge in [0, 0.05) is 18.4 Å². The summed E-state index contributed by atoms with van der Waals surface area (Å²) in [6.07, 6.45) is 1.68. The fraction of sp³-hybridized carbons (Fsp3) is 0.615. The molecule has 1 aromatic heterocycles. The molecule has 1 aliphatic heterocycles. The van der Waals surface area contributed by atoms with Gasteiger partial charge in [0.2, 0.25) is 0 Å². The van der Waals surface area contributed by atoms with Crippen LogP contribution < -0.4 is 5.59 Å². The molecule has 0 atom stereocenters. The molecule has 0 spiro atoms. The third kappa shape index (κ3) is 2.66. The Morgan fingerprint density at radius 1 is 1.26 bits per heavy atom. The van der Waals surface area contributed by atoms with Crippen molar-refractivity contribution in [3.8, 4) is 0 Å². The van der Waals surface area contributed by atoms with Gasteiger partial charge in [-0.25, -0.2) is 4.39 Å². The van der Waals surface area contributed by atoms with E-state index in [4.69, 9.17) is 14.4 Å². The first-order valence-corrected chi connectivity index (χ1v) is 6.37. The molecule has 0 unspecified atom stereocenters. The van der Waals surface area contributed by atoms with Crippen LogP contribution in [0.3, 0.4) is 0 Å². The van der Waals surface area contributed by atoms with E-state index < -0.39 is 24.1 Å². The first kappa shape index (κ1) is 14.4. The second kappa shape index (κ2) is 4.85. The lowest BCUT2D eigenvalue weighted by atomic mass is 9.84. The zero-order valence-electron chi connectivity index (χ0n) is 11.7. The quantitative estimate of drug-likeness (QED) is 0.832. The Kier molecular flexibility index (Phi) is 3.68. The summed E-state index contributed by atoms with van der Waals surface area (Å²) in [5.74, 6) is -0.395. The van der Waals surface area contributed by atoms with Crippen molar-refractivity contribution in [2.24, 2.45) is 0 Å². The molecule has 1 saturated heterocycles. The third-order valence-electron chi connectivity index (χ3n) is 3.83. The number of aliphatic hydroxyl groups is 1. The van der Waals surface area contributed by atoms with Gasteiger partial charge in [-0.3, -0.25) is 4.98 Å². The summed E-state index contributed by atoms with van der Waals surface area (Å²) >= 11 is 0. The average molecular weight is 267 g/mol. The van der Waals surface area contributed by atoms with Crippen LogP contribution in [0.2, 0.25) is 0 Å². The number of halogens is 1. The topological polar surface area (TPSA) is 51.6 Å². The third-order valence-corrected chi connectivity index (χ3v) is 3.83. The Morgan fingerprint density at radius 3 is 2.32 bits per heavy atom. The number of hydrogen-bond acceptors (Lipinski definition) is 4. The van der Waals surface area contributed by atoms with E-state index in [1.807, 2.05) is 27.7 Å². The fourth-order valence-corrected chi connectivity index (χ4v) is 1.87. The number of pyridine rings is 1. The van der Waals surface area contributed by atoms with Crippen molar-refractivity contribution in [3.05, 3.63) is 23.6 Å². The SMILES string of the molecule is CC1(C)OB(c2cc(F)c(CCO)cn2)OC1(C)C. The molecule has 1 aromatic rings. The van der Waals surface area contributed by atoms with Crippen molar-refractivity contribution >= 4 is 12.7 Å². The highest BCUT2D eigenvalue weighted by atomic mass is 19.1. The molecule has 0 radical (unpaired) electrons. The highest BCUT2D eigenvalue weighted by Gasteiger charge is 2.52. The summed E-state index contributed by atoms with van der Waals surface area (Å²) < 4.78 is 25.4. The summed E-state index contributed by atoms with van der Waals surface area (Å²) in [7, 11) is -0.664. The van der Waals surface area contributed by atoms with E-state index in [9.17, 15) is 4.39 Å². The average Bonchev–Trinajstić information content (AvgIpc) is 2.51. The van der Waals surface area contributed by atoms with Crippen molar-refractivity contribution in [1.29, 1.82) is 0 Å². The van der Waals surface area contributed by atoms with Crippen molar-refractivity contribution in [1.82, 2.24) is 4.98 Å². The van der Waals surface area contributed by atoms with Gasteiger partial charge in [0.05, 0.1) is 16.8 Å². The van der Waals surface area contributed by atoms with Crippen LogP contribution in [0, 0.1) is 5.82 Å². The highest BCUT2D eigenvalue weighted by molar-refractivity contribution is 6.61. The zero-order chi connectivity index (χ0) is 14.3. The summed E-state index contributed by atoms with van der Waals surface area (Å²) in [6.45, 7) is 7.63. The molecule has 104 valence electrons. The van der Waals surface area contributed by atoms with Gasteiger partial charge < -0.3 is 14.4 Å². The van der Waals surface area contributed by atoms with Crippen LogP contribution in [-0.2, 0) is 15.7 Å². The lowest BCUT2D eigenvalue weighted by Crippen LogP contribution is -2.41. The minimum atomic E-state index is -0.664. The molecule has 1 N–H and O–H groups in total. The molecule has 0 amide bonds. The Morgan fingerprint density at radius 2 is 1.84 bits per heavy atom. The molecule has 2 rings (SSSR count). The van der Waals surface area contributed by atoms with Gasteiger partial charge in [-0.2, -0.15) is 0 Å². The van der Waals surface area contributed by atoms with Crippen LogP contribution in [-0.4, -0.2) is 35.0 Å². The molecule has 0 saturated carbocycles. The summed E-state index contributed by atoms with van der Waals surface area (Å²) in [6, 6.07) is 1.31. The fourth-order valence-electron chi connectivity index (χ4n) is 1.87. The number of aliphatic hydroxyl groups excluding tert-OH is 1. The molecule has 19 heavy (non-hydrogen) atoms. The van der Waals surface area contributed by atoms with Crippen molar-refractivity contribution in [3.63, 3.8) is 0 Å². The van der Waals surface area contributed by atoms with Crippen LogP contribution in [0.1, 0.15) is 33.3 Å². The van der Waals surface area contributed by atoms with Crippen molar-refractivity contribution < 1.29 is 18.8 Å². The maximum atomic E-state index is 13.8. The number of aromatic nitrogens is 1. The number of nitrogens with zero attached hydrogens (tertiary/aromatic N) is 1. The van der Waals surface area contributed by atoms with E-state index in [0.29, 0.717) is 11.2 Å². The van der Waals surface area contributed by atoms with Crippen LogP contribution in [0.5, 0.6) is 0 Å². The summed E-state index contributed by atoms with van der Waals surface area (Å²) in [4.78, 5) is 4.17. The monoisotopic (exact) mass is 267 g/mol. The molecule has 2 heterocycles. The molecule has 1 fully saturated rings. The second-order valence-electron chi connectivity index (χ2n) is 5.76. The minimum Gasteiger partial charge on any atom is -0.398 e. The van der Waals surface area contributed by atoms with Crippen LogP contribution >= 0.6 is 0 Å². The first-order valence-electron chi connectivity index (χ1n) is 6.37. The standard InChI is InChI=1S/C13H19BFNO3/c1-12(2)13(3,4)19-14(18-12)11-7-10(15)9(5-6-17)8-16-11/h7-8,17H,5-6H2,1-4H3. The van der Waals surface area contributed by atoms with E-state index in [1.54, 1.807) is 0 Å². The van der Waals surface area contributed by atoms with Crippen LogP contribution in [0.15, 0.2) is 12.3 Å². The van der Waals surface area contributed by atoms with Crippen molar-refractivity contribution in [2.45, 2.75) is 45.3 Å². The van der Waals surface area contributed by atoms with Gasteiger partial charge in [-0.05, 0) is 40.2 Å². The molecule has 0 aromatic carbocycles. The normalized spacial score (nSPS) is 20.8. The Balaban J connectivity index is 2.23. The van der Waals surface area contributed by atoms with Gasteiger partial charge in [0.15, 0.2) is 0 Å². The highest BCUT2D eigenvalue weighted by Crippen LogP contribution is 2.36. The molecule has 0 bridgehead atoms. The molecule has 0 aliphatic carbocycles. The number of hydrogen-bond donors (Lipinski definition) is 1. The van der Waals surface area contributed by atoms with Crippen molar-refractivity contribution in [2.75, 3.05) is 6.61 Å². The lowest BCUT2D eigenvalue weighted by Gasteiger charge is -2.32. The summed E-state index contributed by atoms with van der Waals surface area (Å²) in [5.41, 5.74) is -0.139. The van der Waals surface area contributed by atoms with E-state index in [1.165, 1.54) is 12.3 Å².